The Labute approximate surface area is 123 Å². The van der Waals surface area contributed by atoms with Gasteiger partial charge in [0.25, 0.3) is 0 Å². The molecule has 0 saturated carbocycles. The molecular formula is C17H16N2O2. The van der Waals surface area contributed by atoms with E-state index in [1.807, 2.05) is 24.3 Å². The first kappa shape index (κ1) is 13.4. The number of aromatic nitrogens is 2. The average molecular weight is 280 g/mol. The summed E-state index contributed by atoms with van der Waals surface area (Å²) in [5.41, 5.74) is 1.90. The van der Waals surface area contributed by atoms with E-state index in [1.165, 1.54) is 0 Å². The van der Waals surface area contributed by atoms with Crippen molar-refractivity contribution in [3.63, 3.8) is 0 Å². The summed E-state index contributed by atoms with van der Waals surface area (Å²) in [6.07, 6.45) is 0.881. The molecule has 0 amide bonds. The lowest BCUT2D eigenvalue weighted by Gasteiger charge is -2.09. The van der Waals surface area contributed by atoms with E-state index in [2.05, 4.69) is 29.2 Å². The van der Waals surface area contributed by atoms with Crippen LogP contribution in [0.3, 0.4) is 0 Å². The van der Waals surface area contributed by atoms with Crippen LogP contribution < -0.4 is 0 Å². The predicted octanol–water partition coefficient (Wildman–Crippen LogP) is 3.98. The van der Waals surface area contributed by atoms with Gasteiger partial charge in [-0.25, -0.2) is 0 Å². The smallest absolute Gasteiger partial charge is 0.234 e. The molecule has 4 heteroatoms. The van der Waals surface area contributed by atoms with Crippen molar-refractivity contribution >= 4 is 0 Å². The summed E-state index contributed by atoms with van der Waals surface area (Å²) in [5.74, 6) is 1.37. The third-order valence-corrected chi connectivity index (χ3v) is 3.45. The summed E-state index contributed by atoms with van der Waals surface area (Å²) < 4.78 is 5.42. The van der Waals surface area contributed by atoms with Gasteiger partial charge in [0, 0.05) is 5.56 Å². The standard InChI is InChI=1S/C17H16N2O2/c1-2-15(12-7-4-3-5-8-12)17-18-16(19-21-17)13-9-6-10-14(20)11-13/h3-11,15,20H,2H2,1H3. The second-order valence-electron chi connectivity index (χ2n) is 4.88. The molecule has 0 aliphatic heterocycles. The molecular weight excluding hydrogens is 264 g/mol. The lowest BCUT2D eigenvalue weighted by atomic mass is 9.96. The molecule has 106 valence electrons. The Balaban J connectivity index is 1.94. The van der Waals surface area contributed by atoms with Crippen LogP contribution >= 0.6 is 0 Å². The highest BCUT2D eigenvalue weighted by atomic mass is 16.5. The Morgan fingerprint density at radius 1 is 1.10 bits per heavy atom. The molecule has 0 saturated heterocycles. The van der Waals surface area contributed by atoms with Crippen molar-refractivity contribution in [1.29, 1.82) is 0 Å². The lowest BCUT2D eigenvalue weighted by molar-refractivity contribution is 0.363. The summed E-state index contributed by atoms with van der Waals surface area (Å²) in [6.45, 7) is 2.09. The molecule has 1 atom stereocenters. The maximum atomic E-state index is 9.53. The Morgan fingerprint density at radius 2 is 1.90 bits per heavy atom. The molecule has 21 heavy (non-hydrogen) atoms. The quantitative estimate of drug-likeness (QED) is 0.785. The molecule has 0 bridgehead atoms. The van der Waals surface area contributed by atoms with Gasteiger partial charge in [0.1, 0.15) is 5.75 Å². The van der Waals surface area contributed by atoms with Crippen LogP contribution in [0, 0.1) is 0 Å². The normalized spacial score (nSPS) is 12.2. The molecule has 1 aromatic heterocycles. The van der Waals surface area contributed by atoms with E-state index in [4.69, 9.17) is 4.52 Å². The minimum absolute atomic E-state index is 0.0877. The molecule has 0 fully saturated rings. The van der Waals surface area contributed by atoms with Gasteiger partial charge in [0.15, 0.2) is 0 Å². The van der Waals surface area contributed by atoms with Gasteiger partial charge >= 0.3 is 0 Å². The lowest BCUT2D eigenvalue weighted by Crippen LogP contribution is -1.99. The summed E-state index contributed by atoms with van der Waals surface area (Å²) in [4.78, 5) is 4.48. The minimum atomic E-state index is 0.0877. The highest BCUT2D eigenvalue weighted by molar-refractivity contribution is 5.56. The molecule has 1 heterocycles. The largest absolute Gasteiger partial charge is 0.508 e. The minimum Gasteiger partial charge on any atom is -0.508 e. The van der Waals surface area contributed by atoms with Crippen molar-refractivity contribution in [2.75, 3.05) is 0 Å². The van der Waals surface area contributed by atoms with Gasteiger partial charge in [0.05, 0.1) is 5.92 Å². The van der Waals surface area contributed by atoms with Crippen LogP contribution in [0.15, 0.2) is 59.1 Å². The van der Waals surface area contributed by atoms with Crippen molar-refractivity contribution in [2.24, 2.45) is 0 Å². The fourth-order valence-corrected chi connectivity index (χ4v) is 2.38. The number of nitrogens with zero attached hydrogens (tertiary/aromatic N) is 2. The number of rotatable bonds is 4. The molecule has 0 spiro atoms. The highest BCUT2D eigenvalue weighted by Crippen LogP contribution is 2.28. The van der Waals surface area contributed by atoms with Crippen molar-refractivity contribution < 1.29 is 9.63 Å². The molecule has 0 aliphatic rings. The van der Waals surface area contributed by atoms with Crippen LogP contribution in [0.1, 0.15) is 30.7 Å². The van der Waals surface area contributed by atoms with Crippen LogP contribution in [0.4, 0.5) is 0 Å². The van der Waals surface area contributed by atoms with E-state index >= 15 is 0 Å². The fraction of sp³-hybridized carbons (Fsp3) is 0.176. The SMILES string of the molecule is CCC(c1ccccc1)c1nc(-c2cccc(O)c2)no1. The Hall–Kier alpha value is -2.62. The van der Waals surface area contributed by atoms with E-state index in [9.17, 15) is 5.11 Å². The van der Waals surface area contributed by atoms with Crippen molar-refractivity contribution in [3.05, 3.63) is 66.1 Å². The molecule has 0 aliphatic carbocycles. The van der Waals surface area contributed by atoms with Crippen LogP contribution in [-0.4, -0.2) is 15.2 Å². The highest BCUT2D eigenvalue weighted by Gasteiger charge is 2.19. The molecule has 3 aromatic rings. The Bertz CT molecular complexity index is 722. The van der Waals surface area contributed by atoms with Crippen molar-refractivity contribution in [3.8, 4) is 17.1 Å². The topological polar surface area (TPSA) is 59.2 Å². The first-order valence-corrected chi connectivity index (χ1v) is 6.96. The van der Waals surface area contributed by atoms with Crippen molar-refractivity contribution in [1.82, 2.24) is 10.1 Å². The maximum Gasteiger partial charge on any atom is 0.234 e. The van der Waals surface area contributed by atoms with Crippen LogP contribution in [0.5, 0.6) is 5.75 Å². The van der Waals surface area contributed by atoms with Gasteiger partial charge in [-0.05, 0) is 24.1 Å². The Kier molecular flexibility index (Phi) is 3.69. The van der Waals surface area contributed by atoms with E-state index in [1.54, 1.807) is 18.2 Å². The van der Waals surface area contributed by atoms with E-state index in [0.717, 1.165) is 17.5 Å². The molecule has 3 rings (SSSR count). The summed E-state index contributed by atoms with van der Waals surface area (Å²) in [5, 5.41) is 13.6. The zero-order valence-electron chi connectivity index (χ0n) is 11.7. The number of hydrogen-bond donors (Lipinski definition) is 1. The summed E-state index contributed by atoms with van der Waals surface area (Å²) in [6, 6.07) is 17.0. The van der Waals surface area contributed by atoms with Gasteiger partial charge in [-0.3, -0.25) is 0 Å². The summed E-state index contributed by atoms with van der Waals surface area (Å²) in [7, 11) is 0. The van der Waals surface area contributed by atoms with E-state index < -0.39 is 0 Å². The predicted molar refractivity (Wildman–Crippen MR) is 80.0 cm³/mol. The first-order valence-electron chi connectivity index (χ1n) is 6.96. The zero-order chi connectivity index (χ0) is 14.7. The van der Waals surface area contributed by atoms with Crippen LogP contribution in [0.2, 0.25) is 0 Å². The molecule has 2 aromatic carbocycles. The number of benzene rings is 2. The van der Waals surface area contributed by atoms with E-state index in [0.29, 0.717) is 11.7 Å². The van der Waals surface area contributed by atoms with Gasteiger partial charge in [-0.15, -0.1) is 0 Å². The third-order valence-electron chi connectivity index (χ3n) is 3.45. The maximum absolute atomic E-state index is 9.53. The fourth-order valence-electron chi connectivity index (χ4n) is 2.38. The Morgan fingerprint density at radius 3 is 2.62 bits per heavy atom. The van der Waals surface area contributed by atoms with E-state index in [-0.39, 0.29) is 11.7 Å². The van der Waals surface area contributed by atoms with Gasteiger partial charge in [0.2, 0.25) is 11.7 Å². The molecule has 1 N–H and O–H groups in total. The number of phenols is 1. The number of phenolic OH excluding ortho intramolecular Hbond substituents is 1. The van der Waals surface area contributed by atoms with Gasteiger partial charge in [-0.1, -0.05) is 54.5 Å². The van der Waals surface area contributed by atoms with Crippen molar-refractivity contribution in [2.45, 2.75) is 19.3 Å². The third kappa shape index (κ3) is 2.79. The number of aromatic hydroxyl groups is 1. The molecule has 1 unspecified atom stereocenters. The molecule has 0 radical (unpaired) electrons. The van der Waals surface area contributed by atoms with Crippen LogP contribution in [-0.2, 0) is 0 Å². The second kappa shape index (κ2) is 5.79. The van der Waals surface area contributed by atoms with Gasteiger partial charge < -0.3 is 9.63 Å². The number of hydrogen-bond acceptors (Lipinski definition) is 4. The average Bonchev–Trinajstić information content (AvgIpc) is 2.99. The second-order valence-corrected chi connectivity index (χ2v) is 4.88. The van der Waals surface area contributed by atoms with Crippen LogP contribution in [0.25, 0.3) is 11.4 Å². The molecule has 4 nitrogen and oxygen atoms in total. The van der Waals surface area contributed by atoms with Gasteiger partial charge in [-0.2, -0.15) is 4.98 Å². The monoisotopic (exact) mass is 280 g/mol. The summed E-state index contributed by atoms with van der Waals surface area (Å²) >= 11 is 0. The first-order chi connectivity index (χ1) is 10.3. The zero-order valence-corrected chi connectivity index (χ0v) is 11.7.